The second-order valence-electron chi connectivity index (χ2n) is 8.04. The van der Waals surface area contributed by atoms with E-state index in [1.165, 1.54) is 16.0 Å². The van der Waals surface area contributed by atoms with Crippen molar-refractivity contribution in [1.29, 1.82) is 0 Å². The van der Waals surface area contributed by atoms with Crippen LogP contribution in [0.15, 0.2) is 29.3 Å². The SMILES string of the molecule is CCNC(=NCc1sc(C)nc1C)NCC(C)(C)N1CCc2ccccc2C1.I. The smallest absolute Gasteiger partial charge is 0.191 e. The Morgan fingerprint density at radius 1 is 1.21 bits per heavy atom. The van der Waals surface area contributed by atoms with E-state index >= 15 is 0 Å². The van der Waals surface area contributed by atoms with Crippen molar-refractivity contribution in [2.75, 3.05) is 19.6 Å². The Labute approximate surface area is 196 Å². The molecule has 0 atom stereocenters. The molecule has 0 saturated carbocycles. The fourth-order valence-electron chi connectivity index (χ4n) is 3.64. The van der Waals surface area contributed by atoms with Crippen LogP contribution in [0.4, 0.5) is 0 Å². The number of nitrogens with zero attached hydrogens (tertiary/aromatic N) is 3. The third-order valence-electron chi connectivity index (χ3n) is 5.40. The molecule has 3 rings (SSSR count). The van der Waals surface area contributed by atoms with Crippen LogP contribution in [0.25, 0.3) is 0 Å². The Kier molecular flexibility index (Phi) is 8.91. The molecule has 0 aliphatic carbocycles. The van der Waals surface area contributed by atoms with Crippen LogP contribution >= 0.6 is 35.3 Å². The average molecular weight is 528 g/mol. The highest BCUT2D eigenvalue weighted by atomic mass is 127. The lowest BCUT2D eigenvalue weighted by molar-refractivity contribution is 0.107. The molecular weight excluding hydrogens is 493 g/mol. The van der Waals surface area contributed by atoms with E-state index in [-0.39, 0.29) is 29.5 Å². The van der Waals surface area contributed by atoms with Crippen LogP contribution in [0.3, 0.4) is 0 Å². The predicted octanol–water partition coefficient (Wildman–Crippen LogP) is 4.27. The van der Waals surface area contributed by atoms with E-state index in [0.717, 1.165) is 49.3 Å². The van der Waals surface area contributed by atoms with Gasteiger partial charge in [-0.25, -0.2) is 9.98 Å². The van der Waals surface area contributed by atoms with Gasteiger partial charge in [0.2, 0.25) is 0 Å². The van der Waals surface area contributed by atoms with Crippen LogP contribution in [-0.4, -0.2) is 41.0 Å². The van der Waals surface area contributed by atoms with Crippen molar-refractivity contribution in [3.63, 3.8) is 0 Å². The molecule has 0 fully saturated rings. The van der Waals surface area contributed by atoms with Crippen LogP contribution in [0.1, 0.15) is 47.5 Å². The predicted molar refractivity (Wildman–Crippen MR) is 134 cm³/mol. The van der Waals surface area contributed by atoms with Gasteiger partial charge in [0, 0.05) is 36.6 Å². The fourth-order valence-corrected chi connectivity index (χ4v) is 4.50. The van der Waals surface area contributed by atoms with Gasteiger partial charge in [-0.15, -0.1) is 35.3 Å². The summed E-state index contributed by atoms with van der Waals surface area (Å²) >= 11 is 1.73. The summed E-state index contributed by atoms with van der Waals surface area (Å²) in [7, 11) is 0. The highest BCUT2D eigenvalue weighted by Gasteiger charge is 2.29. The van der Waals surface area contributed by atoms with Gasteiger partial charge >= 0.3 is 0 Å². The van der Waals surface area contributed by atoms with Gasteiger partial charge in [0.05, 0.1) is 17.2 Å². The molecule has 0 unspecified atom stereocenters. The van der Waals surface area contributed by atoms with Gasteiger partial charge in [-0.1, -0.05) is 24.3 Å². The van der Waals surface area contributed by atoms with E-state index in [2.05, 4.69) is 72.5 Å². The summed E-state index contributed by atoms with van der Waals surface area (Å²) in [5, 5.41) is 8.04. The molecule has 29 heavy (non-hydrogen) atoms. The number of guanidine groups is 1. The summed E-state index contributed by atoms with van der Waals surface area (Å²) in [6.45, 7) is 15.3. The molecule has 7 heteroatoms. The number of nitrogens with one attached hydrogen (secondary N) is 2. The number of benzene rings is 1. The molecule has 0 bridgehead atoms. The van der Waals surface area contributed by atoms with E-state index in [1.54, 1.807) is 11.3 Å². The third kappa shape index (κ3) is 6.39. The highest BCUT2D eigenvalue weighted by molar-refractivity contribution is 14.0. The van der Waals surface area contributed by atoms with E-state index < -0.39 is 0 Å². The molecular formula is C22H34IN5S. The number of aromatic nitrogens is 1. The zero-order chi connectivity index (χ0) is 20.1. The van der Waals surface area contributed by atoms with Crippen molar-refractivity contribution >= 4 is 41.3 Å². The summed E-state index contributed by atoms with van der Waals surface area (Å²) in [5.41, 5.74) is 4.08. The van der Waals surface area contributed by atoms with Crippen molar-refractivity contribution in [2.24, 2.45) is 4.99 Å². The van der Waals surface area contributed by atoms with Gasteiger partial charge in [0.15, 0.2) is 5.96 Å². The van der Waals surface area contributed by atoms with Gasteiger partial charge < -0.3 is 10.6 Å². The van der Waals surface area contributed by atoms with Crippen LogP contribution in [0, 0.1) is 13.8 Å². The van der Waals surface area contributed by atoms with Crippen molar-refractivity contribution in [3.05, 3.63) is 51.0 Å². The van der Waals surface area contributed by atoms with Gasteiger partial charge in [-0.05, 0) is 52.2 Å². The Balaban J connectivity index is 0.00000300. The lowest BCUT2D eigenvalue weighted by atomic mass is 9.94. The maximum atomic E-state index is 4.79. The lowest BCUT2D eigenvalue weighted by Crippen LogP contribution is -2.54. The zero-order valence-corrected chi connectivity index (χ0v) is 21.4. The molecule has 0 spiro atoms. The number of halogens is 1. The Bertz CT molecular complexity index is 830. The van der Waals surface area contributed by atoms with Crippen LogP contribution in [0.2, 0.25) is 0 Å². The monoisotopic (exact) mass is 527 g/mol. The number of thiazole rings is 1. The largest absolute Gasteiger partial charge is 0.357 e. The topological polar surface area (TPSA) is 52.6 Å². The minimum Gasteiger partial charge on any atom is -0.357 e. The van der Waals surface area contributed by atoms with Gasteiger partial charge in [0.1, 0.15) is 0 Å². The minimum absolute atomic E-state index is 0. The summed E-state index contributed by atoms with van der Waals surface area (Å²) in [5.74, 6) is 0.874. The first-order valence-corrected chi connectivity index (χ1v) is 11.0. The number of fused-ring (bicyclic) bond motifs is 1. The fraction of sp³-hybridized carbons (Fsp3) is 0.545. The summed E-state index contributed by atoms with van der Waals surface area (Å²) in [4.78, 5) is 13.1. The third-order valence-corrected chi connectivity index (χ3v) is 6.46. The van der Waals surface area contributed by atoms with E-state index in [0.29, 0.717) is 6.54 Å². The first-order chi connectivity index (χ1) is 13.4. The second-order valence-corrected chi connectivity index (χ2v) is 9.33. The number of rotatable bonds is 6. The molecule has 0 saturated heterocycles. The Morgan fingerprint density at radius 3 is 2.59 bits per heavy atom. The maximum Gasteiger partial charge on any atom is 0.191 e. The normalized spacial score (nSPS) is 14.9. The van der Waals surface area contributed by atoms with E-state index in [1.807, 2.05) is 6.92 Å². The Morgan fingerprint density at radius 2 is 1.93 bits per heavy atom. The van der Waals surface area contributed by atoms with E-state index in [9.17, 15) is 0 Å². The summed E-state index contributed by atoms with van der Waals surface area (Å²) < 4.78 is 0. The molecule has 2 heterocycles. The Hall–Kier alpha value is -1.19. The molecule has 1 aliphatic heterocycles. The number of hydrogen-bond acceptors (Lipinski definition) is 4. The number of aryl methyl sites for hydroxylation is 2. The molecule has 5 nitrogen and oxygen atoms in total. The van der Waals surface area contributed by atoms with Crippen molar-refractivity contribution in [3.8, 4) is 0 Å². The average Bonchev–Trinajstić information content (AvgIpc) is 3.00. The second kappa shape index (κ2) is 10.7. The quantitative estimate of drug-likeness (QED) is 0.335. The van der Waals surface area contributed by atoms with Gasteiger partial charge in [0.25, 0.3) is 0 Å². The standard InChI is InChI=1S/C22H33N5S.HI/c1-6-23-21(24-13-20-16(2)26-17(3)28-20)25-15-22(4,5)27-12-11-18-9-7-8-10-19(18)14-27;/h7-10H,6,11-15H2,1-5H3,(H2,23,24,25);1H. The summed E-state index contributed by atoms with van der Waals surface area (Å²) in [6.07, 6.45) is 1.12. The molecule has 1 aromatic heterocycles. The molecule has 0 radical (unpaired) electrons. The maximum absolute atomic E-state index is 4.79. The highest BCUT2D eigenvalue weighted by Crippen LogP contribution is 2.25. The number of hydrogen-bond donors (Lipinski definition) is 2. The van der Waals surface area contributed by atoms with Crippen LogP contribution in [-0.2, 0) is 19.5 Å². The van der Waals surface area contributed by atoms with Crippen molar-refractivity contribution < 1.29 is 0 Å². The lowest BCUT2D eigenvalue weighted by Gasteiger charge is -2.42. The molecule has 160 valence electrons. The molecule has 0 amide bonds. The first kappa shape index (κ1) is 24.1. The van der Waals surface area contributed by atoms with Crippen LogP contribution in [0.5, 0.6) is 0 Å². The molecule has 1 aromatic carbocycles. The van der Waals surface area contributed by atoms with Gasteiger partial charge in [-0.2, -0.15) is 0 Å². The van der Waals surface area contributed by atoms with E-state index in [4.69, 9.17) is 4.99 Å². The van der Waals surface area contributed by atoms with Crippen molar-refractivity contribution in [1.82, 2.24) is 20.5 Å². The molecule has 2 N–H and O–H groups in total. The first-order valence-electron chi connectivity index (χ1n) is 10.2. The summed E-state index contributed by atoms with van der Waals surface area (Å²) in [6, 6.07) is 8.81. The minimum atomic E-state index is 0. The molecule has 1 aliphatic rings. The van der Waals surface area contributed by atoms with Gasteiger partial charge in [-0.3, -0.25) is 4.90 Å². The molecule has 2 aromatic rings. The van der Waals surface area contributed by atoms with Crippen molar-refractivity contribution in [2.45, 2.75) is 59.7 Å². The zero-order valence-electron chi connectivity index (χ0n) is 18.2. The van der Waals surface area contributed by atoms with Crippen LogP contribution < -0.4 is 10.6 Å². The number of aliphatic imine (C=N–C) groups is 1.